The van der Waals surface area contributed by atoms with Crippen LogP contribution in [0.3, 0.4) is 0 Å². The minimum absolute atomic E-state index is 0.0213. The third kappa shape index (κ3) is 7.16. The molecule has 0 heterocycles. The highest BCUT2D eigenvalue weighted by atomic mass is 35.5. The fourth-order valence-electron chi connectivity index (χ4n) is 2.28. The van der Waals surface area contributed by atoms with E-state index in [1.807, 2.05) is 13.8 Å². The second-order valence-electron chi connectivity index (χ2n) is 6.47. The van der Waals surface area contributed by atoms with E-state index in [1.165, 1.54) is 12.1 Å². The van der Waals surface area contributed by atoms with Crippen LogP contribution in [0, 0.1) is 11.2 Å². The Hall–Kier alpha value is -1.37. The third-order valence-corrected chi connectivity index (χ3v) is 3.67. The average molecular weight is 347 g/mol. The van der Waals surface area contributed by atoms with Crippen LogP contribution in [0.5, 0.6) is 0 Å². The van der Waals surface area contributed by atoms with Gasteiger partial charge in [-0.25, -0.2) is 9.18 Å². The zero-order valence-corrected chi connectivity index (χ0v) is 14.3. The molecule has 130 valence electrons. The largest absolute Gasteiger partial charge is 0.393 e. The summed E-state index contributed by atoms with van der Waals surface area (Å²) in [5.74, 6) is -0.618. The van der Waals surface area contributed by atoms with Crippen LogP contribution >= 0.6 is 11.6 Å². The molecule has 0 aliphatic heterocycles. The van der Waals surface area contributed by atoms with Crippen molar-refractivity contribution in [1.82, 2.24) is 10.6 Å². The number of rotatable bonds is 7. The standard InChI is InChI=1S/C16H24ClFN2O3/c1-10(21)7-16(2,3)9-20-15(23)19-8-14(22)11-4-5-12(17)13(18)6-11/h4-6,10,14,21-22H,7-9H2,1-3H3,(H2,19,20,23). The van der Waals surface area contributed by atoms with Gasteiger partial charge in [0, 0.05) is 13.1 Å². The molecule has 23 heavy (non-hydrogen) atoms. The number of urea groups is 1. The molecule has 0 bridgehead atoms. The van der Waals surface area contributed by atoms with Gasteiger partial charge >= 0.3 is 6.03 Å². The van der Waals surface area contributed by atoms with E-state index in [1.54, 1.807) is 6.92 Å². The van der Waals surface area contributed by atoms with E-state index in [-0.39, 0.29) is 17.0 Å². The highest BCUT2D eigenvalue weighted by Crippen LogP contribution is 2.21. The molecule has 0 fully saturated rings. The monoisotopic (exact) mass is 346 g/mol. The Morgan fingerprint density at radius 1 is 1.35 bits per heavy atom. The number of halogens is 2. The maximum absolute atomic E-state index is 13.3. The van der Waals surface area contributed by atoms with Crippen LogP contribution in [-0.4, -0.2) is 35.4 Å². The van der Waals surface area contributed by atoms with Crippen LogP contribution < -0.4 is 10.6 Å². The molecule has 0 spiro atoms. The van der Waals surface area contributed by atoms with Gasteiger partial charge in [0.15, 0.2) is 0 Å². The Kier molecular flexibility index (Phi) is 7.25. The van der Waals surface area contributed by atoms with Crippen molar-refractivity contribution >= 4 is 17.6 Å². The van der Waals surface area contributed by atoms with Crippen LogP contribution in [0.2, 0.25) is 5.02 Å². The van der Waals surface area contributed by atoms with Gasteiger partial charge in [-0.2, -0.15) is 0 Å². The number of carbonyl (C=O) groups excluding carboxylic acids is 1. The molecule has 0 aliphatic rings. The maximum atomic E-state index is 13.3. The van der Waals surface area contributed by atoms with Gasteiger partial charge in [-0.05, 0) is 36.5 Å². The van der Waals surface area contributed by atoms with Crippen molar-refractivity contribution in [2.45, 2.75) is 39.4 Å². The van der Waals surface area contributed by atoms with Gasteiger partial charge in [0.05, 0.1) is 17.2 Å². The molecular formula is C16H24ClFN2O3. The van der Waals surface area contributed by atoms with Gasteiger partial charge in [0.1, 0.15) is 5.82 Å². The lowest BCUT2D eigenvalue weighted by Gasteiger charge is -2.26. The second kappa shape index (κ2) is 8.47. The second-order valence-corrected chi connectivity index (χ2v) is 6.88. The highest BCUT2D eigenvalue weighted by molar-refractivity contribution is 6.30. The minimum Gasteiger partial charge on any atom is -0.393 e. The summed E-state index contributed by atoms with van der Waals surface area (Å²) in [5, 5.41) is 24.5. The molecule has 0 radical (unpaired) electrons. The predicted octanol–water partition coefficient (Wildman–Crippen LogP) is 2.61. The number of amides is 2. The molecular weight excluding hydrogens is 323 g/mol. The molecule has 2 atom stereocenters. The van der Waals surface area contributed by atoms with E-state index < -0.39 is 24.1 Å². The lowest BCUT2D eigenvalue weighted by Crippen LogP contribution is -2.42. The van der Waals surface area contributed by atoms with Crippen molar-refractivity contribution in [3.05, 3.63) is 34.6 Å². The molecule has 2 unspecified atom stereocenters. The normalized spacial score (nSPS) is 14.2. The van der Waals surface area contributed by atoms with Gasteiger partial charge in [-0.1, -0.05) is 31.5 Å². The molecule has 0 saturated heterocycles. The number of hydrogen-bond donors (Lipinski definition) is 4. The summed E-state index contributed by atoms with van der Waals surface area (Å²) in [4.78, 5) is 11.7. The maximum Gasteiger partial charge on any atom is 0.314 e. The van der Waals surface area contributed by atoms with Crippen LogP contribution in [0.25, 0.3) is 0 Å². The first-order chi connectivity index (χ1) is 10.6. The van der Waals surface area contributed by atoms with Crippen molar-refractivity contribution < 1.29 is 19.4 Å². The number of aliphatic hydroxyl groups is 2. The number of aliphatic hydroxyl groups excluding tert-OH is 2. The third-order valence-electron chi connectivity index (χ3n) is 3.36. The van der Waals surface area contributed by atoms with E-state index in [2.05, 4.69) is 10.6 Å². The zero-order valence-electron chi connectivity index (χ0n) is 13.6. The van der Waals surface area contributed by atoms with Crippen LogP contribution in [0.15, 0.2) is 18.2 Å². The summed E-state index contributed by atoms with van der Waals surface area (Å²) >= 11 is 5.58. The average Bonchev–Trinajstić information content (AvgIpc) is 2.44. The number of carbonyl (C=O) groups is 1. The van der Waals surface area contributed by atoms with Crippen LogP contribution in [0.1, 0.15) is 38.9 Å². The fourth-order valence-corrected chi connectivity index (χ4v) is 2.40. The summed E-state index contributed by atoms with van der Waals surface area (Å²) < 4.78 is 13.3. The Balaban J connectivity index is 2.42. The molecule has 0 saturated carbocycles. The summed E-state index contributed by atoms with van der Waals surface area (Å²) in [6.07, 6.45) is -0.922. The Morgan fingerprint density at radius 2 is 2.00 bits per heavy atom. The van der Waals surface area contributed by atoms with Crippen molar-refractivity contribution in [3.63, 3.8) is 0 Å². The van der Waals surface area contributed by atoms with Gasteiger partial charge in [0.2, 0.25) is 0 Å². The first kappa shape index (κ1) is 19.7. The quantitative estimate of drug-likeness (QED) is 0.612. The van der Waals surface area contributed by atoms with Gasteiger partial charge in [-0.15, -0.1) is 0 Å². The lowest BCUT2D eigenvalue weighted by molar-refractivity contribution is 0.128. The molecule has 4 N–H and O–H groups in total. The van der Waals surface area contributed by atoms with Crippen molar-refractivity contribution in [2.24, 2.45) is 5.41 Å². The fraction of sp³-hybridized carbons (Fsp3) is 0.562. The zero-order chi connectivity index (χ0) is 17.6. The summed E-state index contributed by atoms with van der Waals surface area (Å²) in [6, 6.07) is 3.56. The van der Waals surface area contributed by atoms with Crippen molar-refractivity contribution in [1.29, 1.82) is 0 Å². The van der Waals surface area contributed by atoms with Gasteiger partial charge < -0.3 is 20.8 Å². The Labute approximate surface area is 140 Å². The van der Waals surface area contributed by atoms with Crippen molar-refractivity contribution in [2.75, 3.05) is 13.1 Å². The summed E-state index contributed by atoms with van der Waals surface area (Å²) in [6.45, 7) is 5.90. The predicted molar refractivity (Wildman–Crippen MR) is 87.9 cm³/mol. The molecule has 0 aliphatic carbocycles. The molecule has 5 nitrogen and oxygen atoms in total. The molecule has 1 rings (SSSR count). The van der Waals surface area contributed by atoms with Crippen LogP contribution in [-0.2, 0) is 0 Å². The Morgan fingerprint density at radius 3 is 2.57 bits per heavy atom. The van der Waals surface area contributed by atoms with E-state index in [4.69, 9.17) is 11.6 Å². The first-order valence-electron chi connectivity index (χ1n) is 7.43. The van der Waals surface area contributed by atoms with Gasteiger partial charge in [0.25, 0.3) is 0 Å². The molecule has 0 aromatic heterocycles. The number of nitrogens with one attached hydrogen (secondary N) is 2. The number of benzene rings is 1. The molecule has 1 aromatic carbocycles. The summed E-state index contributed by atoms with van der Waals surface area (Å²) in [5.41, 5.74) is 0.0883. The van der Waals surface area contributed by atoms with E-state index in [0.717, 1.165) is 6.07 Å². The Bertz CT molecular complexity index is 538. The van der Waals surface area contributed by atoms with E-state index >= 15 is 0 Å². The lowest BCUT2D eigenvalue weighted by atomic mass is 9.87. The van der Waals surface area contributed by atoms with Gasteiger partial charge in [-0.3, -0.25) is 0 Å². The van der Waals surface area contributed by atoms with Crippen molar-refractivity contribution in [3.8, 4) is 0 Å². The minimum atomic E-state index is -1.03. The van der Waals surface area contributed by atoms with E-state index in [9.17, 15) is 19.4 Å². The smallest absolute Gasteiger partial charge is 0.314 e. The van der Waals surface area contributed by atoms with Crippen LogP contribution in [0.4, 0.5) is 9.18 Å². The SMILES string of the molecule is CC(O)CC(C)(C)CNC(=O)NCC(O)c1ccc(Cl)c(F)c1. The van der Waals surface area contributed by atoms with E-state index in [0.29, 0.717) is 18.5 Å². The molecule has 7 heteroatoms. The highest BCUT2D eigenvalue weighted by Gasteiger charge is 2.21. The first-order valence-corrected chi connectivity index (χ1v) is 7.81. The molecule has 1 aromatic rings. The number of hydrogen-bond acceptors (Lipinski definition) is 3. The molecule has 2 amide bonds. The topological polar surface area (TPSA) is 81.6 Å². The summed E-state index contributed by atoms with van der Waals surface area (Å²) in [7, 11) is 0.